The van der Waals surface area contributed by atoms with Crippen LogP contribution in [-0.2, 0) is 16.2 Å². The van der Waals surface area contributed by atoms with Gasteiger partial charge in [0.2, 0.25) is 10.0 Å². The molecule has 6 nitrogen and oxygen atoms in total. The highest BCUT2D eigenvalue weighted by Crippen LogP contribution is 2.39. The summed E-state index contributed by atoms with van der Waals surface area (Å²) >= 11 is 5.59. The van der Waals surface area contributed by atoms with E-state index in [0.29, 0.717) is 30.9 Å². The highest BCUT2D eigenvalue weighted by molar-refractivity contribution is 7.89. The molecule has 1 aliphatic carbocycles. The third-order valence-corrected chi connectivity index (χ3v) is 7.33. The van der Waals surface area contributed by atoms with Gasteiger partial charge in [-0.15, -0.1) is 5.10 Å². The van der Waals surface area contributed by atoms with Gasteiger partial charge in [-0.1, -0.05) is 11.6 Å². The second kappa shape index (κ2) is 7.41. The first-order valence-corrected chi connectivity index (χ1v) is 10.9. The molecule has 0 unspecified atom stereocenters. The molecule has 2 fully saturated rings. The predicted molar refractivity (Wildman–Crippen MR) is 101 cm³/mol. The van der Waals surface area contributed by atoms with Crippen LogP contribution in [0.1, 0.15) is 30.0 Å². The van der Waals surface area contributed by atoms with E-state index in [4.69, 9.17) is 11.6 Å². The first kappa shape index (κ1) is 20.4. The number of sulfonamides is 1. The van der Waals surface area contributed by atoms with E-state index in [1.165, 1.54) is 4.31 Å². The Morgan fingerprint density at radius 2 is 1.69 bits per heavy atom. The van der Waals surface area contributed by atoms with Crippen LogP contribution in [-0.4, -0.2) is 49.1 Å². The smallest absolute Gasteiger partial charge is 0.352 e. The van der Waals surface area contributed by atoms with Gasteiger partial charge >= 0.3 is 6.18 Å². The van der Waals surface area contributed by atoms with E-state index in [-0.39, 0.29) is 13.1 Å². The second-order valence-electron chi connectivity index (χ2n) is 7.12. The van der Waals surface area contributed by atoms with Gasteiger partial charge in [0.05, 0.1) is 21.2 Å². The highest BCUT2D eigenvalue weighted by Gasteiger charge is 2.36. The molecular formula is C18H18ClF3N4O2S. The largest absolute Gasteiger partial charge is 0.417 e. The number of rotatable bonds is 4. The molecule has 1 aromatic heterocycles. The average molecular weight is 447 g/mol. The Balaban J connectivity index is 1.47. The maximum absolute atomic E-state index is 13.1. The summed E-state index contributed by atoms with van der Waals surface area (Å²) < 4.78 is 66.0. The van der Waals surface area contributed by atoms with Crippen LogP contribution in [0.3, 0.4) is 0 Å². The van der Waals surface area contributed by atoms with E-state index < -0.39 is 31.7 Å². The van der Waals surface area contributed by atoms with Gasteiger partial charge in [0.15, 0.2) is 5.82 Å². The first-order chi connectivity index (χ1) is 13.7. The summed E-state index contributed by atoms with van der Waals surface area (Å²) in [4.78, 5) is 1.50. The van der Waals surface area contributed by atoms with Crippen molar-refractivity contribution in [3.8, 4) is 0 Å². The molecule has 0 amide bonds. The summed E-state index contributed by atoms with van der Waals surface area (Å²) in [6, 6.07) is 6.47. The SMILES string of the molecule is O=S(=O)(c1ccc(Cl)c(C(F)(F)F)c1)N1CCN(c2ccc(C3CC3)nn2)CC1. The van der Waals surface area contributed by atoms with Crippen molar-refractivity contribution < 1.29 is 21.6 Å². The Morgan fingerprint density at radius 1 is 1.00 bits per heavy atom. The molecule has 1 saturated carbocycles. The van der Waals surface area contributed by atoms with Crippen LogP contribution in [0.25, 0.3) is 0 Å². The Kier molecular flexibility index (Phi) is 5.20. The number of hydrogen-bond acceptors (Lipinski definition) is 5. The summed E-state index contributed by atoms with van der Waals surface area (Å²) in [5.74, 6) is 1.16. The minimum Gasteiger partial charge on any atom is -0.352 e. The van der Waals surface area contributed by atoms with Crippen LogP contribution in [0.4, 0.5) is 19.0 Å². The molecule has 1 aliphatic heterocycles. The standard InChI is InChI=1S/C18H18ClF3N4O2S/c19-15-4-3-13(11-14(15)18(20,21)22)29(27,28)26-9-7-25(8-10-26)17-6-5-16(23-24-17)12-1-2-12/h3-6,11-12H,1-2,7-10H2. The van der Waals surface area contributed by atoms with Crippen molar-refractivity contribution in [3.05, 3.63) is 46.6 Å². The van der Waals surface area contributed by atoms with Gasteiger partial charge in [-0.05, 0) is 43.2 Å². The fraction of sp³-hybridized carbons (Fsp3) is 0.444. The van der Waals surface area contributed by atoms with Crippen molar-refractivity contribution in [2.24, 2.45) is 0 Å². The lowest BCUT2D eigenvalue weighted by atomic mass is 10.2. The minimum absolute atomic E-state index is 0.137. The molecule has 0 bridgehead atoms. The Morgan fingerprint density at radius 3 is 2.24 bits per heavy atom. The topological polar surface area (TPSA) is 66.4 Å². The van der Waals surface area contributed by atoms with E-state index in [2.05, 4.69) is 10.2 Å². The molecule has 29 heavy (non-hydrogen) atoms. The molecular weight excluding hydrogens is 429 g/mol. The lowest BCUT2D eigenvalue weighted by molar-refractivity contribution is -0.137. The van der Waals surface area contributed by atoms with Crippen LogP contribution in [0, 0.1) is 0 Å². The zero-order chi connectivity index (χ0) is 20.8. The van der Waals surface area contributed by atoms with Crippen LogP contribution >= 0.6 is 11.6 Å². The van der Waals surface area contributed by atoms with Crippen molar-refractivity contribution in [3.63, 3.8) is 0 Å². The van der Waals surface area contributed by atoms with Gasteiger partial charge in [-0.3, -0.25) is 0 Å². The average Bonchev–Trinajstić information content (AvgIpc) is 3.53. The van der Waals surface area contributed by atoms with E-state index in [1.54, 1.807) is 0 Å². The third-order valence-electron chi connectivity index (χ3n) is 5.11. The second-order valence-corrected chi connectivity index (χ2v) is 9.47. The van der Waals surface area contributed by atoms with Crippen molar-refractivity contribution in [2.45, 2.75) is 29.8 Å². The number of aromatic nitrogens is 2. The highest BCUT2D eigenvalue weighted by atomic mass is 35.5. The number of anilines is 1. The summed E-state index contributed by atoms with van der Waals surface area (Å²) in [6.45, 7) is 1.02. The molecule has 11 heteroatoms. The van der Waals surface area contributed by atoms with E-state index >= 15 is 0 Å². The third kappa shape index (κ3) is 4.19. The van der Waals surface area contributed by atoms with Crippen LogP contribution in [0.5, 0.6) is 0 Å². The number of benzene rings is 1. The summed E-state index contributed by atoms with van der Waals surface area (Å²) in [5, 5.41) is 7.92. The number of nitrogens with zero attached hydrogens (tertiary/aromatic N) is 4. The zero-order valence-corrected chi connectivity index (χ0v) is 16.8. The Bertz CT molecular complexity index is 1000. The lowest BCUT2D eigenvalue weighted by Crippen LogP contribution is -2.49. The minimum atomic E-state index is -4.73. The lowest BCUT2D eigenvalue weighted by Gasteiger charge is -2.34. The maximum atomic E-state index is 13.1. The summed E-state index contributed by atoms with van der Waals surface area (Å²) in [7, 11) is -4.06. The molecule has 1 saturated heterocycles. The van der Waals surface area contributed by atoms with E-state index in [1.807, 2.05) is 17.0 Å². The van der Waals surface area contributed by atoms with Crippen LogP contribution in [0.15, 0.2) is 35.2 Å². The Hall–Kier alpha value is -1.91. The zero-order valence-electron chi connectivity index (χ0n) is 15.2. The number of piperazine rings is 1. The van der Waals surface area contributed by atoms with E-state index in [0.717, 1.165) is 30.7 Å². The molecule has 0 atom stereocenters. The quantitative estimate of drug-likeness (QED) is 0.718. The molecule has 0 N–H and O–H groups in total. The fourth-order valence-electron chi connectivity index (χ4n) is 3.29. The van der Waals surface area contributed by atoms with Crippen molar-refractivity contribution in [1.29, 1.82) is 0 Å². The van der Waals surface area contributed by atoms with Gasteiger partial charge in [0.25, 0.3) is 0 Å². The molecule has 2 aromatic rings. The van der Waals surface area contributed by atoms with Crippen molar-refractivity contribution in [1.82, 2.24) is 14.5 Å². The van der Waals surface area contributed by atoms with E-state index in [9.17, 15) is 21.6 Å². The Labute approximate surface area is 171 Å². The molecule has 0 radical (unpaired) electrons. The molecule has 2 heterocycles. The van der Waals surface area contributed by atoms with Gasteiger partial charge in [0, 0.05) is 32.1 Å². The van der Waals surface area contributed by atoms with Gasteiger partial charge in [-0.25, -0.2) is 8.42 Å². The fourth-order valence-corrected chi connectivity index (χ4v) is 4.96. The van der Waals surface area contributed by atoms with Crippen molar-refractivity contribution >= 4 is 27.4 Å². The monoisotopic (exact) mass is 446 g/mol. The summed E-state index contributed by atoms with van der Waals surface area (Å²) in [6.07, 6.45) is -2.47. The molecule has 1 aromatic carbocycles. The number of alkyl halides is 3. The predicted octanol–water partition coefficient (Wildman–Crippen LogP) is 3.54. The maximum Gasteiger partial charge on any atom is 0.417 e. The molecule has 156 valence electrons. The van der Waals surface area contributed by atoms with Crippen LogP contribution < -0.4 is 4.90 Å². The molecule has 2 aliphatic rings. The number of halogens is 4. The van der Waals surface area contributed by atoms with Gasteiger partial charge < -0.3 is 4.90 Å². The van der Waals surface area contributed by atoms with Gasteiger partial charge in [-0.2, -0.15) is 22.6 Å². The molecule has 4 rings (SSSR count). The van der Waals surface area contributed by atoms with Gasteiger partial charge in [0.1, 0.15) is 0 Å². The molecule has 0 spiro atoms. The van der Waals surface area contributed by atoms with Crippen LogP contribution in [0.2, 0.25) is 5.02 Å². The van der Waals surface area contributed by atoms with Crippen molar-refractivity contribution in [2.75, 3.05) is 31.1 Å². The summed E-state index contributed by atoms with van der Waals surface area (Å²) in [5.41, 5.74) is -0.192. The number of hydrogen-bond donors (Lipinski definition) is 0. The normalized spacial score (nSPS) is 18.8. The first-order valence-electron chi connectivity index (χ1n) is 9.12.